The maximum atomic E-state index is 11.5. The van der Waals surface area contributed by atoms with E-state index < -0.39 is 48.7 Å². The molecule has 0 heterocycles. The van der Waals surface area contributed by atoms with Crippen LogP contribution < -0.4 is 22.1 Å². The van der Waals surface area contributed by atoms with Crippen LogP contribution in [0.5, 0.6) is 0 Å². The summed E-state index contributed by atoms with van der Waals surface area (Å²) in [6.45, 7) is -0.422. The molecular formula is C11H20N4O5S. The van der Waals surface area contributed by atoms with Crippen LogP contribution in [0.2, 0.25) is 0 Å². The van der Waals surface area contributed by atoms with E-state index in [0.717, 1.165) is 0 Å². The predicted octanol–water partition coefficient (Wildman–Crippen LogP) is -2.37. The number of amides is 3. The van der Waals surface area contributed by atoms with Crippen molar-refractivity contribution in [1.29, 1.82) is 0 Å². The van der Waals surface area contributed by atoms with Crippen molar-refractivity contribution < 1.29 is 24.3 Å². The van der Waals surface area contributed by atoms with Crippen molar-refractivity contribution in [3.8, 4) is 0 Å². The fourth-order valence-corrected chi connectivity index (χ4v) is 1.81. The molecule has 0 aliphatic rings. The number of nitrogens with one attached hydrogen (secondary N) is 2. The highest BCUT2D eigenvalue weighted by Crippen LogP contribution is 1.98. The summed E-state index contributed by atoms with van der Waals surface area (Å²) in [7, 11) is 0. The van der Waals surface area contributed by atoms with Crippen molar-refractivity contribution in [2.45, 2.75) is 24.9 Å². The highest BCUT2D eigenvalue weighted by molar-refractivity contribution is 7.98. The van der Waals surface area contributed by atoms with Crippen LogP contribution in [-0.2, 0) is 19.2 Å². The predicted molar refractivity (Wildman–Crippen MR) is 77.4 cm³/mol. The van der Waals surface area contributed by atoms with Gasteiger partial charge in [0.2, 0.25) is 17.7 Å². The first kappa shape index (κ1) is 19.2. The van der Waals surface area contributed by atoms with Gasteiger partial charge in [-0.3, -0.25) is 14.4 Å². The number of aliphatic carboxylic acids is 1. The lowest BCUT2D eigenvalue weighted by atomic mass is 10.2. The number of carbonyl (C=O) groups excluding carboxylic acids is 3. The van der Waals surface area contributed by atoms with Gasteiger partial charge in [0.05, 0.1) is 19.0 Å². The Labute approximate surface area is 126 Å². The lowest BCUT2D eigenvalue weighted by molar-refractivity contribution is -0.143. The molecule has 21 heavy (non-hydrogen) atoms. The van der Waals surface area contributed by atoms with E-state index in [4.69, 9.17) is 16.6 Å². The molecule has 3 amide bonds. The second kappa shape index (κ2) is 10.00. The minimum Gasteiger partial charge on any atom is -0.480 e. The Balaban J connectivity index is 4.21. The fourth-order valence-electron chi connectivity index (χ4n) is 1.32. The zero-order valence-electron chi connectivity index (χ0n) is 11.6. The first-order chi connectivity index (χ1) is 9.77. The summed E-state index contributed by atoms with van der Waals surface area (Å²) in [4.78, 5) is 44.5. The molecule has 0 aliphatic heterocycles. The van der Waals surface area contributed by atoms with Crippen LogP contribution in [0.1, 0.15) is 12.8 Å². The van der Waals surface area contributed by atoms with Gasteiger partial charge in [-0.1, -0.05) is 0 Å². The van der Waals surface area contributed by atoms with E-state index in [-0.39, 0.29) is 0 Å². The highest BCUT2D eigenvalue weighted by atomic mass is 32.2. The van der Waals surface area contributed by atoms with Gasteiger partial charge < -0.3 is 27.2 Å². The molecule has 9 nitrogen and oxygen atoms in total. The maximum absolute atomic E-state index is 11.5. The summed E-state index contributed by atoms with van der Waals surface area (Å²) in [6, 6.07) is -2.15. The van der Waals surface area contributed by atoms with Gasteiger partial charge in [-0.15, -0.1) is 0 Å². The molecule has 0 spiro atoms. The Hall–Kier alpha value is -1.81. The molecule has 0 aromatic carbocycles. The average molecular weight is 320 g/mol. The van der Waals surface area contributed by atoms with Gasteiger partial charge in [0.15, 0.2) is 0 Å². The Morgan fingerprint density at radius 1 is 1.29 bits per heavy atom. The topological polar surface area (TPSA) is 165 Å². The molecule has 0 fully saturated rings. The second-order valence-corrected chi connectivity index (χ2v) is 5.22. The Bertz CT molecular complexity index is 404. The third-order valence-corrected chi connectivity index (χ3v) is 3.08. The van der Waals surface area contributed by atoms with Crippen LogP contribution >= 0.6 is 11.8 Å². The number of rotatable bonds is 10. The summed E-state index contributed by atoms with van der Waals surface area (Å²) in [5.74, 6) is -2.77. The number of primary amides is 1. The molecule has 0 saturated carbocycles. The molecule has 7 N–H and O–H groups in total. The summed E-state index contributed by atoms with van der Waals surface area (Å²) < 4.78 is 0. The number of thioether (sulfide) groups is 1. The fraction of sp³-hybridized carbons (Fsp3) is 0.636. The Kier molecular flexibility index (Phi) is 9.13. The number of carboxylic acids is 1. The van der Waals surface area contributed by atoms with Gasteiger partial charge in [0.25, 0.3) is 0 Å². The Morgan fingerprint density at radius 2 is 1.90 bits per heavy atom. The van der Waals surface area contributed by atoms with Crippen molar-refractivity contribution >= 4 is 35.5 Å². The zero-order chi connectivity index (χ0) is 16.4. The van der Waals surface area contributed by atoms with Gasteiger partial charge >= 0.3 is 5.97 Å². The molecule has 0 rings (SSSR count). The van der Waals surface area contributed by atoms with Crippen molar-refractivity contribution in [2.24, 2.45) is 11.5 Å². The van der Waals surface area contributed by atoms with Crippen molar-refractivity contribution in [3.63, 3.8) is 0 Å². The van der Waals surface area contributed by atoms with E-state index in [1.165, 1.54) is 0 Å². The molecule has 0 aromatic rings. The third-order valence-electron chi connectivity index (χ3n) is 2.43. The lowest BCUT2D eigenvalue weighted by Crippen LogP contribution is -2.49. The van der Waals surface area contributed by atoms with Crippen molar-refractivity contribution in [2.75, 3.05) is 18.6 Å². The summed E-state index contributed by atoms with van der Waals surface area (Å²) in [5, 5.41) is 13.2. The number of hydrogen-bond donors (Lipinski definition) is 5. The Morgan fingerprint density at radius 3 is 2.38 bits per heavy atom. The molecular weight excluding hydrogens is 300 g/mol. The van der Waals surface area contributed by atoms with Crippen molar-refractivity contribution in [3.05, 3.63) is 0 Å². The van der Waals surface area contributed by atoms with E-state index >= 15 is 0 Å². The van der Waals surface area contributed by atoms with E-state index in [9.17, 15) is 19.2 Å². The summed E-state index contributed by atoms with van der Waals surface area (Å²) in [6.07, 6.45) is 1.82. The molecule has 120 valence electrons. The van der Waals surface area contributed by atoms with Gasteiger partial charge in [-0.25, -0.2) is 4.79 Å². The average Bonchev–Trinajstić information content (AvgIpc) is 2.40. The molecule has 2 atom stereocenters. The number of nitrogens with two attached hydrogens (primary N) is 2. The molecule has 0 aliphatic carbocycles. The standard InChI is InChI=1S/C11H20N4O5S/c1-21-3-2-6(12)10(18)14-5-9(17)15-7(11(19)20)4-8(13)16/h6-7H,2-5,12H2,1H3,(H2,13,16)(H,14,18)(H,15,17)(H,19,20). The first-order valence-electron chi connectivity index (χ1n) is 6.10. The van der Waals surface area contributed by atoms with E-state index in [1.54, 1.807) is 11.8 Å². The van der Waals surface area contributed by atoms with Crippen LogP contribution in [0.4, 0.5) is 0 Å². The summed E-state index contributed by atoms with van der Waals surface area (Å²) >= 11 is 1.54. The third kappa shape index (κ3) is 8.87. The maximum Gasteiger partial charge on any atom is 0.326 e. The van der Waals surface area contributed by atoms with E-state index in [2.05, 4.69) is 10.6 Å². The zero-order valence-corrected chi connectivity index (χ0v) is 12.4. The van der Waals surface area contributed by atoms with Crippen LogP contribution in [-0.4, -0.2) is 59.4 Å². The minimum absolute atomic E-state index is 0.422. The molecule has 0 aromatic heterocycles. The van der Waals surface area contributed by atoms with Gasteiger partial charge in [0.1, 0.15) is 6.04 Å². The van der Waals surface area contributed by atoms with Crippen LogP contribution in [0.3, 0.4) is 0 Å². The van der Waals surface area contributed by atoms with Gasteiger partial charge in [-0.05, 0) is 18.4 Å². The highest BCUT2D eigenvalue weighted by Gasteiger charge is 2.22. The molecule has 10 heteroatoms. The second-order valence-electron chi connectivity index (χ2n) is 4.23. The smallest absolute Gasteiger partial charge is 0.326 e. The first-order valence-corrected chi connectivity index (χ1v) is 7.50. The van der Waals surface area contributed by atoms with Gasteiger partial charge in [-0.2, -0.15) is 11.8 Å². The normalized spacial score (nSPS) is 13.0. The van der Waals surface area contributed by atoms with Crippen molar-refractivity contribution in [1.82, 2.24) is 10.6 Å². The van der Waals surface area contributed by atoms with Gasteiger partial charge in [0, 0.05) is 0 Å². The number of hydrogen-bond acceptors (Lipinski definition) is 6. The largest absolute Gasteiger partial charge is 0.480 e. The summed E-state index contributed by atoms with van der Waals surface area (Å²) in [5.41, 5.74) is 10.5. The monoisotopic (exact) mass is 320 g/mol. The number of carboxylic acid groups (broad SMARTS) is 1. The van der Waals surface area contributed by atoms with Crippen LogP contribution in [0.15, 0.2) is 0 Å². The molecule has 0 bridgehead atoms. The van der Waals surface area contributed by atoms with Crippen LogP contribution in [0.25, 0.3) is 0 Å². The minimum atomic E-state index is -1.42. The number of carbonyl (C=O) groups is 4. The molecule has 0 radical (unpaired) electrons. The molecule has 0 saturated heterocycles. The van der Waals surface area contributed by atoms with E-state index in [0.29, 0.717) is 12.2 Å². The quantitative estimate of drug-likeness (QED) is 0.300. The lowest BCUT2D eigenvalue weighted by Gasteiger charge is -2.14. The SMILES string of the molecule is CSCCC(N)C(=O)NCC(=O)NC(CC(N)=O)C(=O)O. The van der Waals surface area contributed by atoms with Crippen LogP contribution in [0, 0.1) is 0 Å². The molecule has 2 unspecified atom stereocenters. The van der Waals surface area contributed by atoms with E-state index in [1.807, 2.05) is 6.26 Å².